The fraction of sp³-hybridized carbons (Fsp3) is 0.412. The summed E-state index contributed by atoms with van der Waals surface area (Å²) >= 11 is 0. The first-order valence-electron chi connectivity index (χ1n) is 7.82. The van der Waals surface area contributed by atoms with E-state index in [1.807, 2.05) is 16.9 Å². The van der Waals surface area contributed by atoms with Crippen molar-refractivity contribution in [3.05, 3.63) is 60.1 Å². The van der Waals surface area contributed by atoms with Gasteiger partial charge in [0.2, 0.25) is 0 Å². The van der Waals surface area contributed by atoms with Crippen LogP contribution in [0.5, 0.6) is 0 Å². The summed E-state index contributed by atoms with van der Waals surface area (Å²) in [5.41, 5.74) is 8.79. The van der Waals surface area contributed by atoms with E-state index in [0.717, 1.165) is 50.2 Å². The number of aromatic nitrogens is 3. The first-order valence-corrected chi connectivity index (χ1v) is 7.82. The van der Waals surface area contributed by atoms with Gasteiger partial charge in [-0.1, -0.05) is 42.1 Å². The number of hydrogen-bond donors (Lipinski definition) is 2. The lowest BCUT2D eigenvalue weighted by molar-refractivity contribution is 0.604. The van der Waals surface area contributed by atoms with Gasteiger partial charge in [0.05, 0.1) is 12.2 Å². The van der Waals surface area contributed by atoms with Crippen LogP contribution in [0.3, 0.4) is 0 Å². The molecule has 0 aliphatic heterocycles. The van der Waals surface area contributed by atoms with Crippen molar-refractivity contribution in [1.29, 1.82) is 0 Å². The van der Waals surface area contributed by atoms with Gasteiger partial charge >= 0.3 is 0 Å². The van der Waals surface area contributed by atoms with Crippen molar-refractivity contribution >= 4 is 0 Å². The number of nitrogens with two attached hydrogens (primary N) is 1. The van der Waals surface area contributed by atoms with Crippen molar-refractivity contribution in [2.75, 3.05) is 13.1 Å². The molecule has 0 saturated heterocycles. The molecule has 22 heavy (non-hydrogen) atoms. The third-order valence-corrected chi connectivity index (χ3v) is 3.46. The minimum Gasteiger partial charge on any atom is -0.387 e. The maximum absolute atomic E-state index is 5.49. The van der Waals surface area contributed by atoms with Crippen LogP contribution in [0.15, 0.2) is 48.8 Å². The smallest absolute Gasteiger partial charge is 0.0827 e. The van der Waals surface area contributed by atoms with Gasteiger partial charge in [0.15, 0.2) is 0 Å². The molecule has 1 aromatic heterocycles. The summed E-state index contributed by atoms with van der Waals surface area (Å²) in [4.78, 5) is 0. The largest absolute Gasteiger partial charge is 0.387 e. The summed E-state index contributed by atoms with van der Waals surface area (Å²) in [6.45, 7) is 6.31. The number of nitrogens with zero attached hydrogens (tertiary/aromatic N) is 3. The summed E-state index contributed by atoms with van der Waals surface area (Å²) in [5, 5.41) is 11.6. The van der Waals surface area contributed by atoms with Crippen LogP contribution in [0.25, 0.3) is 0 Å². The van der Waals surface area contributed by atoms with Crippen LogP contribution >= 0.6 is 0 Å². The van der Waals surface area contributed by atoms with Gasteiger partial charge in [-0.2, -0.15) is 0 Å². The molecule has 118 valence electrons. The van der Waals surface area contributed by atoms with Crippen LogP contribution in [0.4, 0.5) is 0 Å². The van der Waals surface area contributed by atoms with Crippen molar-refractivity contribution in [2.45, 2.75) is 32.2 Å². The average molecular weight is 299 g/mol. The van der Waals surface area contributed by atoms with Crippen LogP contribution in [-0.4, -0.2) is 28.1 Å². The molecular formula is C17H25N5. The number of aryl methyl sites for hydroxylation is 1. The zero-order valence-electron chi connectivity index (χ0n) is 13.0. The summed E-state index contributed by atoms with van der Waals surface area (Å²) in [5.74, 6) is 0. The lowest BCUT2D eigenvalue weighted by Gasteiger charge is -2.09. The minimum absolute atomic E-state index is 0.651. The summed E-state index contributed by atoms with van der Waals surface area (Å²) in [6.07, 6.45) is 6.00. The molecule has 2 rings (SSSR count). The summed E-state index contributed by atoms with van der Waals surface area (Å²) in [6, 6.07) is 10.4. The monoisotopic (exact) mass is 299 g/mol. The third kappa shape index (κ3) is 5.69. The van der Waals surface area contributed by atoms with E-state index in [9.17, 15) is 0 Å². The van der Waals surface area contributed by atoms with Crippen molar-refractivity contribution < 1.29 is 0 Å². The number of hydrogen-bond acceptors (Lipinski definition) is 4. The molecule has 0 unspecified atom stereocenters. The van der Waals surface area contributed by atoms with E-state index in [1.165, 1.54) is 5.56 Å². The minimum atomic E-state index is 0.651. The molecule has 3 N–H and O–H groups in total. The van der Waals surface area contributed by atoms with Gasteiger partial charge < -0.3 is 11.1 Å². The maximum atomic E-state index is 5.49. The van der Waals surface area contributed by atoms with Crippen LogP contribution in [0, 0.1) is 0 Å². The van der Waals surface area contributed by atoms with Crippen molar-refractivity contribution in [2.24, 2.45) is 5.73 Å². The van der Waals surface area contributed by atoms with Crippen LogP contribution in [0.2, 0.25) is 0 Å². The molecule has 0 radical (unpaired) electrons. The molecule has 1 heterocycles. The molecule has 5 nitrogen and oxygen atoms in total. The Morgan fingerprint density at radius 3 is 2.77 bits per heavy atom. The molecule has 0 atom stereocenters. The topological polar surface area (TPSA) is 68.8 Å². The molecule has 1 aromatic carbocycles. The van der Waals surface area contributed by atoms with Crippen LogP contribution < -0.4 is 11.1 Å². The fourth-order valence-electron chi connectivity index (χ4n) is 2.26. The maximum Gasteiger partial charge on any atom is 0.0827 e. The number of rotatable bonds is 10. The van der Waals surface area contributed by atoms with E-state index in [-0.39, 0.29) is 0 Å². The molecule has 0 spiro atoms. The molecule has 0 aliphatic rings. The van der Waals surface area contributed by atoms with Crippen LogP contribution in [0.1, 0.15) is 24.1 Å². The molecular weight excluding hydrogens is 274 g/mol. The molecule has 0 bridgehead atoms. The highest BCUT2D eigenvalue weighted by Gasteiger charge is 2.02. The Labute approximate surface area is 132 Å². The zero-order chi connectivity index (χ0) is 15.6. The van der Waals surface area contributed by atoms with E-state index in [2.05, 4.69) is 46.5 Å². The Bertz CT molecular complexity index is 561. The Hall–Kier alpha value is -2.14. The molecule has 0 aliphatic carbocycles. The second kappa shape index (κ2) is 9.00. The van der Waals surface area contributed by atoms with Crippen molar-refractivity contribution in [3.8, 4) is 0 Å². The van der Waals surface area contributed by atoms with Gasteiger partial charge in [-0.15, -0.1) is 5.10 Å². The lowest BCUT2D eigenvalue weighted by atomic mass is 10.1. The third-order valence-electron chi connectivity index (χ3n) is 3.46. The second-order valence-electron chi connectivity index (χ2n) is 5.42. The summed E-state index contributed by atoms with van der Waals surface area (Å²) < 4.78 is 1.83. The quantitative estimate of drug-likeness (QED) is 0.658. The lowest BCUT2D eigenvalue weighted by Crippen LogP contribution is -2.19. The van der Waals surface area contributed by atoms with Gasteiger partial charge in [0.1, 0.15) is 0 Å². The van der Waals surface area contributed by atoms with Crippen molar-refractivity contribution in [1.82, 2.24) is 20.3 Å². The Morgan fingerprint density at radius 1 is 1.18 bits per heavy atom. The van der Waals surface area contributed by atoms with Crippen LogP contribution in [-0.2, 0) is 19.4 Å². The van der Waals surface area contributed by atoms with E-state index in [4.69, 9.17) is 5.73 Å². The highest BCUT2D eigenvalue weighted by Crippen LogP contribution is 2.02. The van der Waals surface area contributed by atoms with E-state index < -0.39 is 0 Å². The van der Waals surface area contributed by atoms with Crippen molar-refractivity contribution in [3.63, 3.8) is 0 Å². The fourth-order valence-corrected chi connectivity index (χ4v) is 2.26. The molecule has 0 fully saturated rings. The standard InChI is InChI=1S/C17H25N5/c1-15(19-12-10-16-7-3-2-4-8-16)13-22-14-17(20-21-22)9-5-6-11-18/h2-4,7-8,14,19H,1,5-6,9-13,18H2. The number of allylic oxidation sites excluding steroid dienone is 1. The predicted octanol–water partition coefficient (Wildman–Crippen LogP) is 1.91. The van der Waals surface area contributed by atoms with Gasteiger partial charge in [0.25, 0.3) is 0 Å². The Morgan fingerprint density at radius 2 is 2.00 bits per heavy atom. The summed E-state index contributed by atoms with van der Waals surface area (Å²) in [7, 11) is 0. The molecule has 0 amide bonds. The van der Waals surface area contributed by atoms with E-state index >= 15 is 0 Å². The number of nitrogens with one attached hydrogen (secondary N) is 1. The Balaban J connectivity index is 1.68. The van der Waals surface area contributed by atoms with E-state index in [0.29, 0.717) is 6.54 Å². The second-order valence-corrected chi connectivity index (χ2v) is 5.42. The van der Waals surface area contributed by atoms with E-state index in [1.54, 1.807) is 0 Å². The number of benzene rings is 1. The molecule has 5 heteroatoms. The highest BCUT2D eigenvalue weighted by atomic mass is 15.4. The normalized spacial score (nSPS) is 10.6. The highest BCUT2D eigenvalue weighted by molar-refractivity contribution is 5.15. The molecule has 0 saturated carbocycles. The van der Waals surface area contributed by atoms with Gasteiger partial charge in [-0.3, -0.25) is 0 Å². The SMILES string of the molecule is C=C(Cn1cc(CCCCN)nn1)NCCc1ccccc1. The van der Waals surface area contributed by atoms with Gasteiger partial charge in [0, 0.05) is 18.4 Å². The van der Waals surface area contributed by atoms with Gasteiger partial charge in [-0.05, 0) is 37.8 Å². The average Bonchev–Trinajstić information content (AvgIpc) is 2.96. The molecule has 2 aromatic rings. The Kier molecular flexibility index (Phi) is 6.64. The zero-order valence-corrected chi connectivity index (χ0v) is 13.0. The first-order chi connectivity index (χ1) is 10.8. The van der Waals surface area contributed by atoms with Gasteiger partial charge in [-0.25, -0.2) is 4.68 Å². The predicted molar refractivity (Wildman–Crippen MR) is 89.3 cm³/mol. The first kappa shape index (κ1) is 16.2. The number of unbranched alkanes of at least 4 members (excludes halogenated alkanes) is 1.